The van der Waals surface area contributed by atoms with Crippen LogP contribution in [0.15, 0.2) is 18.2 Å². The molecule has 1 aromatic heterocycles. The molecule has 0 saturated heterocycles. The molecule has 1 heterocycles. The molecule has 0 spiro atoms. The maximum absolute atomic E-state index is 13.8. The Morgan fingerprint density at radius 3 is 2.72 bits per heavy atom. The number of carboxylic acids is 1. The second-order valence-electron chi connectivity index (χ2n) is 3.90. The Bertz CT molecular complexity index is 637. The molecule has 0 aliphatic rings. The molecule has 94 valence electrons. The van der Waals surface area contributed by atoms with Gasteiger partial charge in [-0.3, -0.25) is 4.68 Å². The lowest BCUT2D eigenvalue weighted by Gasteiger charge is -2.08. The predicted molar refractivity (Wildman–Crippen MR) is 65.3 cm³/mol. The summed E-state index contributed by atoms with van der Waals surface area (Å²) in [5.74, 6) is -1.67. The SMILES string of the molecule is Cc1ccc(F)c(-c2cc(C(=O)O)nn2C)c1Cl. The van der Waals surface area contributed by atoms with E-state index < -0.39 is 11.8 Å². The van der Waals surface area contributed by atoms with E-state index in [1.165, 1.54) is 16.8 Å². The van der Waals surface area contributed by atoms with Crippen molar-refractivity contribution in [2.24, 2.45) is 7.05 Å². The molecule has 0 unspecified atom stereocenters. The highest BCUT2D eigenvalue weighted by Gasteiger charge is 2.18. The van der Waals surface area contributed by atoms with Gasteiger partial charge in [0.15, 0.2) is 5.69 Å². The molecular formula is C12H10ClFN2O2. The van der Waals surface area contributed by atoms with E-state index in [2.05, 4.69) is 5.10 Å². The largest absolute Gasteiger partial charge is 0.476 e. The zero-order chi connectivity index (χ0) is 13.4. The van der Waals surface area contributed by atoms with Crippen LogP contribution in [0.5, 0.6) is 0 Å². The molecule has 6 heteroatoms. The molecule has 2 rings (SSSR count). The Hall–Kier alpha value is -1.88. The van der Waals surface area contributed by atoms with Crippen LogP contribution in [-0.2, 0) is 7.05 Å². The van der Waals surface area contributed by atoms with Crippen molar-refractivity contribution in [2.45, 2.75) is 6.92 Å². The van der Waals surface area contributed by atoms with Gasteiger partial charge in [-0.05, 0) is 24.6 Å². The fourth-order valence-electron chi connectivity index (χ4n) is 1.70. The summed E-state index contributed by atoms with van der Waals surface area (Å²) in [5, 5.41) is 12.9. The number of hydrogen-bond donors (Lipinski definition) is 1. The Morgan fingerprint density at radius 1 is 1.50 bits per heavy atom. The molecule has 4 nitrogen and oxygen atoms in total. The number of carboxylic acid groups (broad SMARTS) is 1. The molecule has 0 aliphatic carbocycles. The Kier molecular flexibility index (Phi) is 3.09. The van der Waals surface area contributed by atoms with Crippen LogP contribution in [0.2, 0.25) is 5.02 Å². The normalized spacial score (nSPS) is 10.7. The molecule has 1 N–H and O–H groups in total. The minimum absolute atomic E-state index is 0.149. The molecule has 0 bridgehead atoms. The Labute approximate surface area is 108 Å². The molecule has 0 fully saturated rings. The van der Waals surface area contributed by atoms with Crippen molar-refractivity contribution in [2.75, 3.05) is 0 Å². The summed E-state index contributed by atoms with van der Waals surface area (Å²) < 4.78 is 15.1. The third-order valence-electron chi connectivity index (χ3n) is 2.64. The Balaban J connectivity index is 2.69. The van der Waals surface area contributed by atoms with Crippen LogP contribution >= 0.6 is 11.6 Å². The zero-order valence-electron chi connectivity index (χ0n) is 9.74. The van der Waals surface area contributed by atoms with Gasteiger partial charge >= 0.3 is 5.97 Å². The van der Waals surface area contributed by atoms with Gasteiger partial charge in [0.05, 0.1) is 16.3 Å². The highest BCUT2D eigenvalue weighted by molar-refractivity contribution is 6.34. The van der Waals surface area contributed by atoms with Gasteiger partial charge in [-0.1, -0.05) is 17.7 Å². The van der Waals surface area contributed by atoms with E-state index in [1.807, 2.05) is 0 Å². The van der Waals surface area contributed by atoms with E-state index in [9.17, 15) is 9.18 Å². The number of carbonyl (C=O) groups is 1. The van der Waals surface area contributed by atoms with E-state index in [-0.39, 0.29) is 16.3 Å². The van der Waals surface area contributed by atoms with Gasteiger partial charge in [0.2, 0.25) is 0 Å². The summed E-state index contributed by atoms with van der Waals surface area (Å²) in [6, 6.07) is 4.16. The molecular weight excluding hydrogens is 259 g/mol. The van der Waals surface area contributed by atoms with Gasteiger partial charge in [0, 0.05) is 7.05 Å². The van der Waals surface area contributed by atoms with Crippen LogP contribution in [0.25, 0.3) is 11.3 Å². The average Bonchev–Trinajstić information content (AvgIpc) is 2.67. The molecule has 0 saturated carbocycles. The number of nitrogens with zero attached hydrogens (tertiary/aromatic N) is 2. The number of rotatable bonds is 2. The van der Waals surface area contributed by atoms with Gasteiger partial charge < -0.3 is 5.11 Å². The lowest BCUT2D eigenvalue weighted by molar-refractivity contribution is 0.0689. The van der Waals surface area contributed by atoms with Crippen LogP contribution in [0, 0.1) is 12.7 Å². The lowest BCUT2D eigenvalue weighted by Crippen LogP contribution is -2.00. The first-order chi connectivity index (χ1) is 8.41. The van der Waals surface area contributed by atoms with Crippen molar-refractivity contribution in [3.05, 3.63) is 40.3 Å². The number of halogens is 2. The van der Waals surface area contributed by atoms with Gasteiger partial charge in [0.1, 0.15) is 5.82 Å². The molecule has 0 atom stereocenters. The fraction of sp³-hybridized carbons (Fsp3) is 0.167. The molecule has 1 aromatic carbocycles. The fourth-order valence-corrected chi connectivity index (χ4v) is 1.95. The first-order valence-electron chi connectivity index (χ1n) is 5.14. The second kappa shape index (κ2) is 4.42. The standard InChI is InChI=1S/C12H10ClFN2O2/c1-6-3-4-7(14)10(11(6)13)9-5-8(12(17)18)15-16(9)2/h3-5H,1-2H3,(H,17,18). The zero-order valence-corrected chi connectivity index (χ0v) is 10.5. The van der Waals surface area contributed by atoms with E-state index in [0.29, 0.717) is 11.3 Å². The molecule has 2 aromatic rings. The Morgan fingerprint density at radius 2 is 2.17 bits per heavy atom. The summed E-state index contributed by atoms with van der Waals surface area (Å²) in [6.07, 6.45) is 0. The van der Waals surface area contributed by atoms with E-state index in [4.69, 9.17) is 16.7 Å². The van der Waals surface area contributed by atoms with Gasteiger partial charge in [-0.15, -0.1) is 0 Å². The van der Waals surface area contributed by atoms with Crippen molar-refractivity contribution in [1.29, 1.82) is 0 Å². The predicted octanol–water partition coefficient (Wildman–Crippen LogP) is 2.89. The summed E-state index contributed by atoms with van der Waals surface area (Å²) in [4.78, 5) is 10.8. The van der Waals surface area contributed by atoms with Crippen LogP contribution in [0.4, 0.5) is 4.39 Å². The minimum atomic E-state index is -1.17. The van der Waals surface area contributed by atoms with Crippen molar-refractivity contribution in [1.82, 2.24) is 9.78 Å². The highest BCUT2D eigenvalue weighted by Crippen LogP contribution is 2.33. The number of benzene rings is 1. The molecule has 0 radical (unpaired) electrons. The number of aryl methyl sites for hydroxylation is 2. The maximum atomic E-state index is 13.8. The molecule has 0 aliphatic heterocycles. The third-order valence-corrected chi connectivity index (χ3v) is 3.13. The average molecular weight is 269 g/mol. The van der Waals surface area contributed by atoms with Crippen LogP contribution in [-0.4, -0.2) is 20.9 Å². The number of aromatic carboxylic acids is 1. The van der Waals surface area contributed by atoms with E-state index in [1.54, 1.807) is 20.0 Å². The van der Waals surface area contributed by atoms with Crippen molar-refractivity contribution < 1.29 is 14.3 Å². The summed E-state index contributed by atoms with van der Waals surface area (Å²) in [6.45, 7) is 1.75. The monoisotopic (exact) mass is 268 g/mol. The first kappa shape index (κ1) is 12.6. The number of hydrogen-bond acceptors (Lipinski definition) is 2. The minimum Gasteiger partial charge on any atom is -0.476 e. The van der Waals surface area contributed by atoms with Crippen LogP contribution in [0.3, 0.4) is 0 Å². The van der Waals surface area contributed by atoms with Crippen molar-refractivity contribution in [3.63, 3.8) is 0 Å². The van der Waals surface area contributed by atoms with Crippen LogP contribution in [0.1, 0.15) is 16.1 Å². The quantitative estimate of drug-likeness (QED) is 0.911. The van der Waals surface area contributed by atoms with Crippen molar-refractivity contribution in [3.8, 4) is 11.3 Å². The van der Waals surface area contributed by atoms with Gasteiger partial charge in [-0.2, -0.15) is 5.10 Å². The smallest absolute Gasteiger partial charge is 0.356 e. The summed E-state index contributed by atoms with van der Waals surface area (Å²) in [5.41, 5.74) is 1.06. The topological polar surface area (TPSA) is 55.1 Å². The summed E-state index contributed by atoms with van der Waals surface area (Å²) >= 11 is 6.07. The van der Waals surface area contributed by atoms with Gasteiger partial charge in [-0.25, -0.2) is 9.18 Å². The van der Waals surface area contributed by atoms with E-state index >= 15 is 0 Å². The summed E-state index contributed by atoms with van der Waals surface area (Å²) in [7, 11) is 1.54. The first-order valence-corrected chi connectivity index (χ1v) is 5.52. The molecule has 0 amide bonds. The maximum Gasteiger partial charge on any atom is 0.356 e. The second-order valence-corrected chi connectivity index (χ2v) is 4.27. The van der Waals surface area contributed by atoms with Crippen molar-refractivity contribution >= 4 is 17.6 Å². The van der Waals surface area contributed by atoms with E-state index in [0.717, 1.165) is 0 Å². The third kappa shape index (κ3) is 1.97. The molecule has 18 heavy (non-hydrogen) atoms. The number of aromatic nitrogens is 2. The van der Waals surface area contributed by atoms with Gasteiger partial charge in [0.25, 0.3) is 0 Å². The lowest BCUT2D eigenvalue weighted by atomic mass is 10.1. The highest BCUT2D eigenvalue weighted by atomic mass is 35.5. The van der Waals surface area contributed by atoms with Crippen LogP contribution < -0.4 is 0 Å².